The van der Waals surface area contributed by atoms with Gasteiger partial charge in [0, 0.05) is 18.3 Å². The molecule has 0 aliphatic heterocycles. The van der Waals surface area contributed by atoms with Crippen LogP contribution < -0.4 is 10.9 Å². The molecule has 3 N–H and O–H groups in total. The van der Waals surface area contributed by atoms with Crippen molar-refractivity contribution < 1.29 is 9.90 Å². The molecule has 2 rings (SSSR count). The highest BCUT2D eigenvalue weighted by Gasteiger charge is 2.10. The van der Waals surface area contributed by atoms with E-state index in [1.54, 1.807) is 12.1 Å². The van der Waals surface area contributed by atoms with E-state index < -0.39 is 11.5 Å². The molecule has 0 saturated carbocycles. The Morgan fingerprint density at radius 1 is 1.44 bits per heavy atom. The van der Waals surface area contributed by atoms with Crippen LogP contribution >= 0.6 is 15.9 Å². The number of H-pyrrole nitrogens is 1. The summed E-state index contributed by atoms with van der Waals surface area (Å²) in [5.41, 5.74) is -0.506. The van der Waals surface area contributed by atoms with Crippen molar-refractivity contribution in [2.24, 2.45) is 0 Å². The first-order chi connectivity index (χ1) is 8.56. The maximum atomic E-state index is 11.8. The molecule has 0 bridgehead atoms. The van der Waals surface area contributed by atoms with Crippen LogP contribution in [0.3, 0.4) is 0 Å². The predicted molar refractivity (Wildman–Crippen MR) is 68.6 cm³/mol. The van der Waals surface area contributed by atoms with E-state index >= 15 is 0 Å². The molecule has 0 aromatic carbocycles. The average Bonchev–Trinajstić information content (AvgIpc) is 2.31. The zero-order chi connectivity index (χ0) is 13.1. The molecule has 0 atom stereocenters. The first-order valence-electron chi connectivity index (χ1n) is 4.91. The van der Waals surface area contributed by atoms with E-state index in [-0.39, 0.29) is 11.4 Å². The Morgan fingerprint density at radius 2 is 2.22 bits per heavy atom. The standard InChI is InChI=1S/C11H8BrN3O3/c12-7-2-1-3-13-10(7)15-11(18)6-4-8(16)14-9(17)5-6/h1-5H,(H,13,15,18)(H2,14,16,17). The zero-order valence-corrected chi connectivity index (χ0v) is 10.6. The van der Waals surface area contributed by atoms with E-state index in [1.165, 1.54) is 6.20 Å². The summed E-state index contributed by atoms with van der Waals surface area (Å²) in [4.78, 5) is 29.0. The molecule has 0 aliphatic rings. The third-order valence-electron chi connectivity index (χ3n) is 2.08. The van der Waals surface area contributed by atoms with Gasteiger partial charge in [-0.05, 0) is 28.1 Å². The number of carbonyl (C=O) groups is 1. The first kappa shape index (κ1) is 12.3. The number of nitrogens with one attached hydrogen (secondary N) is 2. The summed E-state index contributed by atoms with van der Waals surface area (Å²) in [6.07, 6.45) is 1.52. The maximum absolute atomic E-state index is 11.8. The average molecular weight is 310 g/mol. The number of pyridine rings is 2. The molecule has 0 radical (unpaired) electrons. The zero-order valence-electron chi connectivity index (χ0n) is 8.98. The number of aromatic nitrogens is 2. The smallest absolute Gasteiger partial charge is 0.257 e. The minimum absolute atomic E-state index is 0.0498. The Hall–Kier alpha value is -2.15. The monoisotopic (exact) mass is 309 g/mol. The summed E-state index contributed by atoms with van der Waals surface area (Å²) in [5, 5.41) is 11.7. The number of hydrogen-bond donors (Lipinski definition) is 3. The fourth-order valence-electron chi connectivity index (χ4n) is 1.32. The fourth-order valence-corrected chi connectivity index (χ4v) is 1.67. The second-order valence-electron chi connectivity index (χ2n) is 3.41. The molecule has 0 aliphatic carbocycles. The van der Waals surface area contributed by atoms with Gasteiger partial charge < -0.3 is 10.4 Å². The van der Waals surface area contributed by atoms with Crippen LogP contribution in [0.1, 0.15) is 10.4 Å². The first-order valence-corrected chi connectivity index (χ1v) is 5.71. The normalized spacial score (nSPS) is 10.1. The van der Waals surface area contributed by atoms with Crippen molar-refractivity contribution in [2.45, 2.75) is 0 Å². The van der Waals surface area contributed by atoms with Crippen LogP contribution in [0.5, 0.6) is 5.88 Å². The quantitative estimate of drug-likeness (QED) is 0.783. The highest BCUT2D eigenvalue weighted by atomic mass is 79.9. The van der Waals surface area contributed by atoms with Crippen molar-refractivity contribution in [3.8, 4) is 5.88 Å². The number of amides is 1. The Kier molecular flexibility index (Phi) is 3.42. The van der Waals surface area contributed by atoms with Crippen LogP contribution in [-0.2, 0) is 0 Å². The highest BCUT2D eigenvalue weighted by Crippen LogP contribution is 2.19. The molecule has 7 heteroatoms. The summed E-state index contributed by atoms with van der Waals surface area (Å²) in [6, 6.07) is 5.68. The number of carbonyl (C=O) groups excluding carboxylic acids is 1. The molecule has 0 saturated heterocycles. The minimum atomic E-state index is -0.555. The van der Waals surface area contributed by atoms with Crippen molar-refractivity contribution in [2.75, 3.05) is 5.32 Å². The van der Waals surface area contributed by atoms with Crippen LogP contribution in [0.4, 0.5) is 5.82 Å². The summed E-state index contributed by atoms with van der Waals surface area (Å²) >= 11 is 3.23. The molecule has 2 heterocycles. The van der Waals surface area contributed by atoms with Crippen LogP contribution in [-0.4, -0.2) is 21.0 Å². The number of anilines is 1. The number of hydrogen-bond acceptors (Lipinski definition) is 4. The third-order valence-corrected chi connectivity index (χ3v) is 2.72. The van der Waals surface area contributed by atoms with Gasteiger partial charge in [-0.15, -0.1) is 0 Å². The SMILES string of the molecule is O=C(Nc1ncccc1Br)c1cc(O)[nH]c(=O)c1. The summed E-state index contributed by atoms with van der Waals surface area (Å²) in [7, 11) is 0. The molecule has 92 valence electrons. The number of nitrogens with zero attached hydrogens (tertiary/aromatic N) is 1. The van der Waals surface area contributed by atoms with Gasteiger partial charge in [0.2, 0.25) is 0 Å². The molecule has 2 aromatic heterocycles. The Bertz CT molecular complexity index is 654. The topological polar surface area (TPSA) is 95.1 Å². The van der Waals surface area contributed by atoms with Gasteiger partial charge in [-0.1, -0.05) is 0 Å². The largest absolute Gasteiger partial charge is 0.494 e. The lowest BCUT2D eigenvalue weighted by Crippen LogP contribution is -2.16. The molecule has 6 nitrogen and oxygen atoms in total. The number of aromatic amines is 1. The van der Waals surface area contributed by atoms with Gasteiger partial charge >= 0.3 is 0 Å². The van der Waals surface area contributed by atoms with Crippen LogP contribution in [0.2, 0.25) is 0 Å². The van der Waals surface area contributed by atoms with Gasteiger partial charge in [-0.25, -0.2) is 4.98 Å². The van der Waals surface area contributed by atoms with Gasteiger partial charge in [0.05, 0.1) is 10.0 Å². The molecule has 18 heavy (non-hydrogen) atoms. The van der Waals surface area contributed by atoms with Gasteiger partial charge in [0.15, 0.2) is 5.88 Å². The van der Waals surface area contributed by atoms with Crippen LogP contribution in [0.15, 0.2) is 39.7 Å². The van der Waals surface area contributed by atoms with E-state index in [1.807, 2.05) is 0 Å². The fraction of sp³-hybridized carbons (Fsp3) is 0. The molecule has 2 aromatic rings. The summed E-state index contributed by atoms with van der Waals surface area (Å²) < 4.78 is 0.618. The van der Waals surface area contributed by atoms with Crippen molar-refractivity contribution in [1.82, 2.24) is 9.97 Å². The minimum Gasteiger partial charge on any atom is -0.494 e. The van der Waals surface area contributed by atoms with E-state index in [9.17, 15) is 14.7 Å². The molecular weight excluding hydrogens is 302 g/mol. The summed E-state index contributed by atoms with van der Waals surface area (Å²) in [5.74, 6) is -0.564. The molecule has 0 unspecified atom stereocenters. The maximum Gasteiger partial charge on any atom is 0.257 e. The predicted octanol–water partition coefficient (Wildman–Crippen LogP) is 1.49. The number of rotatable bonds is 2. The van der Waals surface area contributed by atoms with Gasteiger partial charge in [0.25, 0.3) is 11.5 Å². The van der Waals surface area contributed by atoms with E-state index in [4.69, 9.17) is 0 Å². The Labute approximate surface area is 110 Å². The van der Waals surface area contributed by atoms with Gasteiger partial charge in [0.1, 0.15) is 5.82 Å². The van der Waals surface area contributed by atoms with Crippen LogP contribution in [0.25, 0.3) is 0 Å². The van der Waals surface area contributed by atoms with Gasteiger partial charge in [-0.3, -0.25) is 14.6 Å². The molecular formula is C11H8BrN3O3. The van der Waals surface area contributed by atoms with E-state index in [0.717, 1.165) is 12.1 Å². The Balaban J connectivity index is 2.28. The third kappa shape index (κ3) is 2.75. The van der Waals surface area contributed by atoms with Crippen molar-refractivity contribution >= 4 is 27.7 Å². The van der Waals surface area contributed by atoms with E-state index in [2.05, 4.69) is 31.2 Å². The highest BCUT2D eigenvalue weighted by molar-refractivity contribution is 9.10. The van der Waals surface area contributed by atoms with Crippen molar-refractivity contribution in [1.29, 1.82) is 0 Å². The summed E-state index contributed by atoms with van der Waals surface area (Å²) in [6.45, 7) is 0. The second kappa shape index (κ2) is 5.01. The Morgan fingerprint density at radius 3 is 2.89 bits per heavy atom. The number of aromatic hydroxyl groups is 1. The van der Waals surface area contributed by atoms with Crippen molar-refractivity contribution in [3.63, 3.8) is 0 Å². The lowest BCUT2D eigenvalue weighted by molar-refractivity contribution is 0.102. The van der Waals surface area contributed by atoms with Crippen LogP contribution in [0, 0.1) is 0 Å². The lowest BCUT2D eigenvalue weighted by Gasteiger charge is -2.05. The molecule has 0 fully saturated rings. The van der Waals surface area contributed by atoms with E-state index in [0.29, 0.717) is 10.3 Å². The second-order valence-corrected chi connectivity index (χ2v) is 4.26. The van der Waals surface area contributed by atoms with Crippen molar-refractivity contribution in [3.05, 3.63) is 50.9 Å². The lowest BCUT2D eigenvalue weighted by atomic mass is 10.2. The molecule has 0 spiro atoms. The molecule has 1 amide bonds. The van der Waals surface area contributed by atoms with Gasteiger partial charge in [-0.2, -0.15) is 0 Å². The number of halogens is 1.